The molecule has 0 bridgehead atoms. The zero-order valence-corrected chi connectivity index (χ0v) is 12.8. The van der Waals surface area contributed by atoms with Crippen molar-refractivity contribution >= 4 is 0 Å². The van der Waals surface area contributed by atoms with Crippen LogP contribution < -0.4 is 10.6 Å². The van der Waals surface area contributed by atoms with Crippen molar-refractivity contribution < 1.29 is 0 Å². The molecular weight excluding hydrogens is 208 g/mol. The van der Waals surface area contributed by atoms with Crippen LogP contribution in [0.15, 0.2) is 0 Å². The number of rotatable bonds is 10. The van der Waals surface area contributed by atoms with Crippen molar-refractivity contribution in [3.8, 4) is 0 Å². The van der Waals surface area contributed by atoms with Gasteiger partial charge < -0.3 is 10.6 Å². The Bertz CT molecular complexity index is 166. The van der Waals surface area contributed by atoms with Gasteiger partial charge in [-0.3, -0.25) is 0 Å². The van der Waals surface area contributed by atoms with Crippen molar-refractivity contribution in [1.29, 1.82) is 0 Å². The molecule has 0 aromatic carbocycles. The van der Waals surface area contributed by atoms with E-state index in [9.17, 15) is 0 Å². The Morgan fingerprint density at radius 2 is 1.35 bits per heavy atom. The molecule has 0 aliphatic carbocycles. The Morgan fingerprint density at radius 1 is 0.765 bits per heavy atom. The van der Waals surface area contributed by atoms with Crippen molar-refractivity contribution in [2.45, 2.75) is 72.9 Å². The Labute approximate surface area is 109 Å². The van der Waals surface area contributed by atoms with Crippen LogP contribution in [0.2, 0.25) is 0 Å². The minimum Gasteiger partial charge on any atom is -0.314 e. The van der Waals surface area contributed by atoms with Crippen LogP contribution in [0.3, 0.4) is 0 Å². The van der Waals surface area contributed by atoms with Gasteiger partial charge in [0, 0.05) is 12.1 Å². The third-order valence-corrected chi connectivity index (χ3v) is 3.49. The number of hydrogen-bond donors (Lipinski definition) is 2. The molecule has 0 radical (unpaired) electrons. The maximum atomic E-state index is 3.60. The summed E-state index contributed by atoms with van der Waals surface area (Å²) in [7, 11) is 0. The van der Waals surface area contributed by atoms with Crippen LogP contribution in [0, 0.1) is 11.8 Å². The van der Waals surface area contributed by atoms with E-state index < -0.39 is 0 Å². The molecule has 2 N–H and O–H groups in total. The topological polar surface area (TPSA) is 24.1 Å². The van der Waals surface area contributed by atoms with Crippen LogP contribution in [0.1, 0.15) is 60.8 Å². The Balaban J connectivity index is 3.33. The fourth-order valence-electron chi connectivity index (χ4n) is 1.69. The van der Waals surface area contributed by atoms with Crippen molar-refractivity contribution in [1.82, 2.24) is 10.6 Å². The van der Waals surface area contributed by atoms with E-state index in [1.807, 2.05) is 0 Å². The molecule has 2 heteroatoms. The molecular formula is C15H34N2. The van der Waals surface area contributed by atoms with E-state index >= 15 is 0 Å². The van der Waals surface area contributed by atoms with Gasteiger partial charge in [0.15, 0.2) is 0 Å². The summed E-state index contributed by atoms with van der Waals surface area (Å²) in [6.07, 6.45) is 3.85. The maximum Gasteiger partial charge on any atom is 0.00617 e. The Kier molecular flexibility index (Phi) is 9.85. The standard InChI is InChI=1S/C15H34N2/c1-12(2)8-9-14(5)16-10-7-11-17-15(6)13(3)4/h12-17H,7-11H2,1-6H3. The molecule has 2 atom stereocenters. The van der Waals surface area contributed by atoms with E-state index in [0.717, 1.165) is 24.9 Å². The molecule has 2 unspecified atom stereocenters. The molecule has 0 saturated carbocycles. The second-order valence-corrected chi connectivity index (χ2v) is 6.17. The molecule has 0 aromatic rings. The van der Waals surface area contributed by atoms with Crippen LogP contribution in [0.25, 0.3) is 0 Å². The average Bonchev–Trinajstić information content (AvgIpc) is 2.25. The Morgan fingerprint density at radius 3 is 1.88 bits per heavy atom. The molecule has 0 spiro atoms. The lowest BCUT2D eigenvalue weighted by atomic mass is 10.0. The van der Waals surface area contributed by atoms with Crippen molar-refractivity contribution in [3.05, 3.63) is 0 Å². The normalized spacial score (nSPS) is 15.5. The molecule has 0 amide bonds. The molecule has 2 nitrogen and oxygen atoms in total. The van der Waals surface area contributed by atoms with Gasteiger partial charge in [-0.15, -0.1) is 0 Å². The lowest BCUT2D eigenvalue weighted by molar-refractivity contribution is 0.409. The predicted octanol–water partition coefficient (Wildman–Crippen LogP) is 3.42. The van der Waals surface area contributed by atoms with Crippen molar-refractivity contribution in [2.24, 2.45) is 11.8 Å². The maximum absolute atomic E-state index is 3.60. The minimum atomic E-state index is 0.633. The molecule has 0 aliphatic heterocycles. The van der Waals surface area contributed by atoms with E-state index in [0.29, 0.717) is 12.1 Å². The molecule has 0 heterocycles. The zero-order chi connectivity index (χ0) is 13.3. The highest BCUT2D eigenvalue weighted by Gasteiger charge is 2.05. The third-order valence-electron chi connectivity index (χ3n) is 3.49. The van der Waals surface area contributed by atoms with E-state index in [4.69, 9.17) is 0 Å². The predicted molar refractivity (Wildman–Crippen MR) is 78.5 cm³/mol. The third kappa shape index (κ3) is 10.8. The van der Waals surface area contributed by atoms with Crippen LogP contribution in [-0.4, -0.2) is 25.2 Å². The van der Waals surface area contributed by atoms with Gasteiger partial charge in [-0.05, 0) is 58.0 Å². The second-order valence-electron chi connectivity index (χ2n) is 6.17. The van der Waals surface area contributed by atoms with E-state index in [1.54, 1.807) is 0 Å². The minimum absolute atomic E-state index is 0.633. The van der Waals surface area contributed by atoms with Crippen LogP contribution >= 0.6 is 0 Å². The highest BCUT2D eigenvalue weighted by molar-refractivity contribution is 4.66. The zero-order valence-electron chi connectivity index (χ0n) is 12.8. The summed E-state index contributed by atoms with van der Waals surface area (Å²) in [5.41, 5.74) is 0. The molecule has 0 fully saturated rings. The number of nitrogens with one attached hydrogen (secondary N) is 2. The molecule has 0 saturated heterocycles. The lowest BCUT2D eigenvalue weighted by Gasteiger charge is -2.18. The SMILES string of the molecule is CC(C)CCC(C)NCCCNC(C)C(C)C. The second kappa shape index (κ2) is 9.90. The quantitative estimate of drug-likeness (QED) is 0.574. The van der Waals surface area contributed by atoms with Crippen LogP contribution in [0.5, 0.6) is 0 Å². The fraction of sp³-hybridized carbons (Fsp3) is 1.00. The summed E-state index contributed by atoms with van der Waals surface area (Å²) in [5, 5.41) is 7.17. The first-order valence-corrected chi connectivity index (χ1v) is 7.40. The van der Waals surface area contributed by atoms with Gasteiger partial charge in [0.05, 0.1) is 0 Å². The number of hydrogen-bond acceptors (Lipinski definition) is 2. The molecule has 0 aromatic heterocycles. The van der Waals surface area contributed by atoms with Gasteiger partial charge in [-0.25, -0.2) is 0 Å². The van der Waals surface area contributed by atoms with Gasteiger partial charge in [-0.1, -0.05) is 27.7 Å². The first-order valence-electron chi connectivity index (χ1n) is 7.40. The van der Waals surface area contributed by atoms with E-state index in [2.05, 4.69) is 52.2 Å². The monoisotopic (exact) mass is 242 g/mol. The molecule has 104 valence electrons. The van der Waals surface area contributed by atoms with Crippen LogP contribution in [0.4, 0.5) is 0 Å². The molecule has 0 aliphatic rings. The highest BCUT2D eigenvalue weighted by atomic mass is 14.9. The summed E-state index contributed by atoms with van der Waals surface area (Å²) in [6.45, 7) is 16.0. The summed E-state index contributed by atoms with van der Waals surface area (Å²) in [5.74, 6) is 1.56. The van der Waals surface area contributed by atoms with Gasteiger partial charge in [0.25, 0.3) is 0 Å². The molecule has 0 rings (SSSR count). The van der Waals surface area contributed by atoms with Gasteiger partial charge >= 0.3 is 0 Å². The summed E-state index contributed by atoms with van der Waals surface area (Å²) >= 11 is 0. The first kappa shape index (κ1) is 16.9. The van der Waals surface area contributed by atoms with Gasteiger partial charge in [0.2, 0.25) is 0 Å². The van der Waals surface area contributed by atoms with Crippen molar-refractivity contribution in [2.75, 3.05) is 13.1 Å². The van der Waals surface area contributed by atoms with E-state index in [-0.39, 0.29) is 0 Å². The van der Waals surface area contributed by atoms with Crippen LogP contribution in [-0.2, 0) is 0 Å². The summed E-state index contributed by atoms with van der Waals surface area (Å²) < 4.78 is 0. The smallest absolute Gasteiger partial charge is 0.00617 e. The van der Waals surface area contributed by atoms with E-state index in [1.165, 1.54) is 19.3 Å². The van der Waals surface area contributed by atoms with Crippen molar-refractivity contribution in [3.63, 3.8) is 0 Å². The van der Waals surface area contributed by atoms with Gasteiger partial charge in [0.1, 0.15) is 0 Å². The highest BCUT2D eigenvalue weighted by Crippen LogP contribution is 2.06. The largest absolute Gasteiger partial charge is 0.314 e. The molecule has 17 heavy (non-hydrogen) atoms. The average molecular weight is 242 g/mol. The fourth-order valence-corrected chi connectivity index (χ4v) is 1.69. The Hall–Kier alpha value is -0.0800. The summed E-state index contributed by atoms with van der Waals surface area (Å²) in [6, 6.07) is 1.30. The lowest BCUT2D eigenvalue weighted by Crippen LogP contribution is -2.34. The van der Waals surface area contributed by atoms with Gasteiger partial charge in [-0.2, -0.15) is 0 Å². The summed E-state index contributed by atoms with van der Waals surface area (Å²) in [4.78, 5) is 0. The first-order chi connectivity index (χ1) is 7.93.